The van der Waals surface area contributed by atoms with Crippen LogP contribution in [-0.2, 0) is 18.8 Å². The van der Waals surface area contributed by atoms with Crippen LogP contribution in [0.25, 0.3) is 43.3 Å². The van der Waals surface area contributed by atoms with E-state index >= 15 is 0 Å². The maximum Gasteiger partial charge on any atom is 0.417 e. The number of furan rings is 1. The Labute approximate surface area is 193 Å². The molecule has 9 heteroatoms. The topological polar surface area (TPSA) is 26.0 Å². The summed E-state index contributed by atoms with van der Waals surface area (Å²) >= 11 is 1.57. The fourth-order valence-electron chi connectivity index (χ4n) is 4.21. The van der Waals surface area contributed by atoms with Crippen LogP contribution in [-0.4, -0.2) is 4.98 Å². The second kappa shape index (κ2) is 7.73. The highest BCUT2D eigenvalue weighted by Gasteiger charge is 2.43. The molecule has 0 amide bonds. The monoisotopic (exact) mass is 493 g/mol. The van der Waals surface area contributed by atoms with Crippen molar-refractivity contribution in [3.8, 4) is 11.3 Å². The van der Waals surface area contributed by atoms with Crippen LogP contribution in [0.3, 0.4) is 0 Å². The summed E-state index contributed by atoms with van der Waals surface area (Å²) in [6.07, 6.45) is -7.84. The molecule has 0 spiro atoms. The van der Waals surface area contributed by atoms with Gasteiger partial charge in [-0.05, 0) is 48.1 Å². The van der Waals surface area contributed by atoms with Gasteiger partial charge < -0.3 is 4.42 Å². The Balaban J connectivity index is 1.78. The molecular weight excluding hydrogens is 476 g/mol. The van der Waals surface area contributed by atoms with Gasteiger partial charge in [0.15, 0.2) is 0 Å². The molecule has 0 saturated carbocycles. The van der Waals surface area contributed by atoms with Crippen LogP contribution in [0.2, 0.25) is 0 Å². The minimum Gasteiger partial charge on any atom is -0.455 e. The van der Waals surface area contributed by atoms with Crippen LogP contribution >= 0.6 is 11.3 Å². The minimum absolute atomic E-state index is 0.0315. The number of halogens is 6. The fraction of sp³-hybridized carbons (Fsp3) is 0.240. The molecule has 34 heavy (non-hydrogen) atoms. The largest absolute Gasteiger partial charge is 0.455 e. The average Bonchev–Trinajstić information content (AvgIpc) is 3.31. The van der Waals surface area contributed by atoms with Gasteiger partial charge in [0.2, 0.25) is 0 Å². The third-order valence-corrected chi connectivity index (χ3v) is 6.78. The number of benzene rings is 2. The number of thiophene rings is 1. The van der Waals surface area contributed by atoms with Crippen molar-refractivity contribution in [3.05, 3.63) is 64.7 Å². The van der Waals surface area contributed by atoms with Crippen LogP contribution in [0.1, 0.15) is 29.9 Å². The lowest BCUT2D eigenvalue weighted by atomic mass is 10.0. The Hall–Kier alpha value is -3.07. The molecule has 5 rings (SSSR count). The number of alkyl halides is 6. The van der Waals surface area contributed by atoms with Gasteiger partial charge in [-0.15, -0.1) is 11.3 Å². The van der Waals surface area contributed by atoms with Crippen molar-refractivity contribution >= 4 is 43.4 Å². The van der Waals surface area contributed by atoms with E-state index in [1.807, 2.05) is 6.07 Å². The highest BCUT2D eigenvalue weighted by atomic mass is 32.1. The lowest BCUT2D eigenvalue weighted by Crippen LogP contribution is -2.16. The minimum atomic E-state index is -5.18. The van der Waals surface area contributed by atoms with E-state index in [1.54, 1.807) is 29.7 Å². The fourth-order valence-corrected chi connectivity index (χ4v) is 5.58. The second-order valence-corrected chi connectivity index (χ2v) is 9.70. The quantitative estimate of drug-likeness (QED) is 0.234. The first-order valence-electron chi connectivity index (χ1n) is 10.4. The van der Waals surface area contributed by atoms with E-state index in [2.05, 4.69) is 24.9 Å². The first-order chi connectivity index (χ1) is 15.9. The molecule has 0 aliphatic carbocycles. The molecule has 0 bridgehead atoms. The van der Waals surface area contributed by atoms with Crippen molar-refractivity contribution in [2.24, 2.45) is 5.92 Å². The third-order valence-electron chi connectivity index (χ3n) is 5.60. The van der Waals surface area contributed by atoms with Gasteiger partial charge in [-0.2, -0.15) is 26.3 Å². The summed E-state index contributed by atoms with van der Waals surface area (Å²) in [5.41, 5.74) is -2.48. The van der Waals surface area contributed by atoms with Crippen molar-refractivity contribution in [2.45, 2.75) is 32.6 Å². The Bertz CT molecular complexity index is 1540. The van der Waals surface area contributed by atoms with Crippen molar-refractivity contribution in [2.75, 3.05) is 0 Å². The Morgan fingerprint density at radius 3 is 2.29 bits per heavy atom. The number of fused-ring (bicyclic) bond motifs is 4. The van der Waals surface area contributed by atoms with E-state index in [9.17, 15) is 26.3 Å². The summed E-state index contributed by atoms with van der Waals surface area (Å²) in [7, 11) is 0. The maximum atomic E-state index is 13.5. The van der Waals surface area contributed by atoms with Gasteiger partial charge in [-0.25, -0.2) is 0 Å². The first kappa shape index (κ1) is 22.7. The van der Waals surface area contributed by atoms with E-state index < -0.39 is 23.5 Å². The highest BCUT2D eigenvalue weighted by molar-refractivity contribution is 7.19. The maximum absolute atomic E-state index is 13.5. The zero-order valence-electron chi connectivity index (χ0n) is 17.9. The van der Waals surface area contributed by atoms with Crippen LogP contribution in [0.4, 0.5) is 26.3 Å². The molecule has 0 aliphatic heterocycles. The summed E-state index contributed by atoms with van der Waals surface area (Å²) in [6, 6.07) is 9.80. The summed E-state index contributed by atoms with van der Waals surface area (Å²) in [5, 5.41) is 1.23. The third kappa shape index (κ3) is 3.81. The number of hydrogen-bond donors (Lipinski definition) is 0. The molecule has 0 radical (unpaired) electrons. The predicted octanol–water partition coefficient (Wildman–Crippen LogP) is 9.10. The van der Waals surface area contributed by atoms with Crippen LogP contribution in [0.5, 0.6) is 0 Å². The normalized spacial score (nSPS) is 13.1. The van der Waals surface area contributed by atoms with Crippen LogP contribution in [0, 0.1) is 5.92 Å². The lowest BCUT2D eigenvalue weighted by molar-refractivity contribution is -0.161. The predicted molar refractivity (Wildman–Crippen MR) is 121 cm³/mol. The van der Waals surface area contributed by atoms with Gasteiger partial charge in [0.25, 0.3) is 0 Å². The molecule has 3 aromatic heterocycles. The molecule has 0 saturated heterocycles. The van der Waals surface area contributed by atoms with Crippen LogP contribution in [0.15, 0.2) is 53.1 Å². The lowest BCUT2D eigenvalue weighted by Gasteiger charge is -2.15. The molecule has 2 nitrogen and oxygen atoms in total. The van der Waals surface area contributed by atoms with Crippen molar-refractivity contribution in [1.29, 1.82) is 0 Å². The molecule has 0 aliphatic rings. The molecular formula is C25H17F6NOS. The zero-order valence-corrected chi connectivity index (χ0v) is 18.8. The molecule has 0 atom stereocenters. The second-order valence-electron chi connectivity index (χ2n) is 8.56. The first-order valence-corrected chi connectivity index (χ1v) is 11.3. The smallest absolute Gasteiger partial charge is 0.417 e. The number of para-hydroxylation sites is 1. The van der Waals surface area contributed by atoms with Gasteiger partial charge in [0.05, 0.1) is 21.5 Å². The van der Waals surface area contributed by atoms with E-state index in [0.717, 1.165) is 16.5 Å². The van der Waals surface area contributed by atoms with Crippen LogP contribution < -0.4 is 0 Å². The van der Waals surface area contributed by atoms with E-state index in [1.165, 1.54) is 10.9 Å². The van der Waals surface area contributed by atoms with Gasteiger partial charge in [-0.1, -0.05) is 26.0 Å². The van der Waals surface area contributed by atoms with E-state index in [-0.39, 0.29) is 16.6 Å². The van der Waals surface area contributed by atoms with E-state index in [0.29, 0.717) is 34.7 Å². The standard InChI is InChI=1S/C25H17F6NOS/c1-12(2)8-14-9-13-6-7-32-21(23(13)34-14)16-5-3-4-15-17-10-18(24(26,27)28)19(25(29,30)31)11-20(17)33-22(15)16/h3-7,9-12H,8H2,1-2H3. The Morgan fingerprint density at radius 2 is 1.62 bits per heavy atom. The Kier molecular flexibility index (Phi) is 5.16. The molecule has 3 heterocycles. The summed E-state index contributed by atoms with van der Waals surface area (Å²) < 4.78 is 87.4. The van der Waals surface area contributed by atoms with Gasteiger partial charge in [0.1, 0.15) is 11.2 Å². The van der Waals surface area contributed by atoms with Gasteiger partial charge >= 0.3 is 12.4 Å². The number of aromatic nitrogens is 1. The zero-order chi connectivity index (χ0) is 24.4. The molecule has 2 aromatic carbocycles. The average molecular weight is 493 g/mol. The molecule has 0 N–H and O–H groups in total. The summed E-state index contributed by atoms with van der Waals surface area (Å²) in [5.74, 6) is 0.453. The molecule has 176 valence electrons. The van der Waals surface area contributed by atoms with Gasteiger partial charge in [0, 0.05) is 27.4 Å². The summed E-state index contributed by atoms with van der Waals surface area (Å²) in [6.45, 7) is 4.23. The van der Waals surface area contributed by atoms with Crippen molar-refractivity contribution < 1.29 is 30.8 Å². The number of nitrogens with zero attached hydrogens (tertiary/aromatic N) is 1. The molecule has 0 fully saturated rings. The molecule has 5 aromatic rings. The SMILES string of the molecule is CC(C)Cc1cc2ccnc(-c3cccc4c3oc3cc(C(F)(F)F)c(C(F)(F)F)cc34)c2s1. The van der Waals surface area contributed by atoms with Crippen molar-refractivity contribution in [1.82, 2.24) is 4.98 Å². The molecule has 0 unspecified atom stereocenters. The highest BCUT2D eigenvalue weighted by Crippen LogP contribution is 2.45. The number of rotatable bonds is 3. The number of pyridine rings is 1. The van der Waals surface area contributed by atoms with E-state index in [4.69, 9.17) is 4.42 Å². The van der Waals surface area contributed by atoms with Crippen molar-refractivity contribution in [3.63, 3.8) is 0 Å². The van der Waals surface area contributed by atoms with Gasteiger partial charge in [-0.3, -0.25) is 4.98 Å². The summed E-state index contributed by atoms with van der Waals surface area (Å²) in [4.78, 5) is 5.66. The Morgan fingerprint density at radius 1 is 0.912 bits per heavy atom. The number of hydrogen-bond acceptors (Lipinski definition) is 3.